The summed E-state index contributed by atoms with van der Waals surface area (Å²) in [5.74, 6) is -1.17. The summed E-state index contributed by atoms with van der Waals surface area (Å²) >= 11 is 4.89. The second kappa shape index (κ2) is 9.63. The first-order valence-electron chi connectivity index (χ1n) is 9.75. The highest BCUT2D eigenvalue weighted by Crippen LogP contribution is 2.32. The van der Waals surface area contributed by atoms with Crippen LogP contribution in [0.3, 0.4) is 0 Å². The lowest BCUT2D eigenvalue weighted by Crippen LogP contribution is -2.43. The van der Waals surface area contributed by atoms with E-state index in [2.05, 4.69) is 10.2 Å². The third-order valence-corrected chi connectivity index (χ3v) is 5.47. The van der Waals surface area contributed by atoms with Crippen LogP contribution >= 0.6 is 12.6 Å². The van der Waals surface area contributed by atoms with Crippen LogP contribution in [0.4, 0.5) is 0 Å². The van der Waals surface area contributed by atoms with Gasteiger partial charge in [0.05, 0.1) is 6.20 Å². The van der Waals surface area contributed by atoms with Gasteiger partial charge in [-0.3, -0.25) is 14.7 Å². The molecule has 0 fully saturated rings. The molecule has 0 aliphatic carbocycles. The monoisotopic (exact) mass is 423 g/mol. The summed E-state index contributed by atoms with van der Waals surface area (Å²) in [6, 6.07) is 19.9. The average Bonchev–Trinajstić information content (AvgIpc) is 2.75. The molecule has 3 rings (SSSR count). The Kier molecular flexibility index (Phi) is 6.95. The maximum absolute atomic E-state index is 13.1. The minimum Gasteiger partial charge on any atom is -0.502 e. The van der Waals surface area contributed by atoms with Crippen LogP contribution in [0.1, 0.15) is 41.4 Å². The molecule has 0 radical (unpaired) electrons. The first-order valence-corrected chi connectivity index (χ1v) is 10.3. The van der Waals surface area contributed by atoms with Crippen LogP contribution in [0.25, 0.3) is 0 Å². The highest BCUT2D eigenvalue weighted by atomic mass is 32.1. The van der Waals surface area contributed by atoms with Gasteiger partial charge in [0.1, 0.15) is 0 Å². The number of carbonyl (C=O) groups is 1. The second-order valence-electron chi connectivity index (χ2n) is 7.38. The van der Waals surface area contributed by atoms with Gasteiger partial charge in [0, 0.05) is 23.8 Å². The minimum atomic E-state index is -0.699. The summed E-state index contributed by atoms with van der Waals surface area (Å²) in [6.45, 7) is 4.07. The topological polar surface area (TPSA) is 86.3 Å². The average molecular weight is 424 g/mol. The fourth-order valence-corrected chi connectivity index (χ4v) is 4.00. The zero-order valence-corrected chi connectivity index (χ0v) is 17.8. The lowest BCUT2D eigenvalue weighted by Gasteiger charge is -2.33. The summed E-state index contributed by atoms with van der Waals surface area (Å²) in [6.07, 6.45) is 0.939. The zero-order chi connectivity index (χ0) is 21.7. The molecule has 1 amide bonds. The Bertz CT molecular complexity index is 999. The van der Waals surface area contributed by atoms with Crippen molar-refractivity contribution in [2.45, 2.75) is 31.1 Å². The van der Waals surface area contributed by atoms with Gasteiger partial charge in [-0.2, -0.15) is 17.7 Å². The van der Waals surface area contributed by atoms with Crippen LogP contribution in [0.15, 0.2) is 71.7 Å². The number of hydrogen-bond donors (Lipinski definition) is 3. The van der Waals surface area contributed by atoms with E-state index in [4.69, 9.17) is 12.6 Å². The van der Waals surface area contributed by atoms with E-state index in [-0.39, 0.29) is 22.9 Å². The summed E-state index contributed by atoms with van der Waals surface area (Å²) in [4.78, 5) is 26.4. The van der Waals surface area contributed by atoms with Crippen molar-refractivity contribution in [3.63, 3.8) is 0 Å². The lowest BCUT2D eigenvalue weighted by atomic mass is 9.88. The van der Waals surface area contributed by atoms with E-state index in [1.807, 2.05) is 74.5 Å². The van der Waals surface area contributed by atoms with Gasteiger partial charge in [0.25, 0.3) is 5.91 Å². The molecule has 0 aliphatic rings. The van der Waals surface area contributed by atoms with Crippen LogP contribution in [0.5, 0.6) is 5.75 Å². The smallest absolute Gasteiger partial charge is 0.276 e. The van der Waals surface area contributed by atoms with Gasteiger partial charge in [-0.1, -0.05) is 60.7 Å². The number of nitrogens with zero attached hydrogens (tertiary/aromatic N) is 2. The Morgan fingerprint density at radius 1 is 1.07 bits per heavy atom. The quantitative estimate of drug-likeness (QED) is 0.508. The van der Waals surface area contributed by atoms with E-state index in [1.165, 1.54) is 0 Å². The van der Waals surface area contributed by atoms with Crippen LogP contribution < -0.4 is 5.43 Å². The molecular formula is C23H25N3O3S. The van der Waals surface area contributed by atoms with Gasteiger partial charge in [-0.15, -0.1) is 0 Å². The molecule has 0 bridgehead atoms. The molecule has 2 aromatic carbocycles. The summed E-state index contributed by atoms with van der Waals surface area (Å²) in [5.41, 5.74) is 1.28. The number of nitrogens with one attached hydrogen (secondary N) is 1. The normalized spacial score (nSPS) is 12.2. The number of amides is 1. The largest absolute Gasteiger partial charge is 0.502 e. The fourth-order valence-electron chi connectivity index (χ4n) is 3.48. The van der Waals surface area contributed by atoms with E-state index < -0.39 is 17.1 Å². The SMILES string of the molecule is CC(C)N(C[C@H](S)C(c1ccccc1)c1ccccc1)C(=O)c1[nH]ncc(=O)c1O. The van der Waals surface area contributed by atoms with Gasteiger partial charge < -0.3 is 10.0 Å². The fraction of sp³-hybridized carbons (Fsp3) is 0.261. The Balaban J connectivity index is 1.94. The third-order valence-electron chi connectivity index (χ3n) is 5.01. The predicted octanol–water partition coefficient (Wildman–Crippen LogP) is 3.46. The molecule has 6 nitrogen and oxygen atoms in total. The Morgan fingerprint density at radius 2 is 1.60 bits per heavy atom. The van der Waals surface area contributed by atoms with Crippen molar-refractivity contribution in [2.75, 3.05) is 6.54 Å². The number of carbonyl (C=O) groups excluding carboxylic acids is 1. The van der Waals surface area contributed by atoms with Crippen molar-refractivity contribution in [1.29, 1.82) is 0 Å². The number of aromatic hydroxyl groups is 1. The number of aromatic nitrogens is 2. The predicted molar refractivity (Wildman–Crippen MR) is 120 cm³/mol. The molecule has 0 saturated carbocycles. The van der Waals surface area contributed by atoms with Crippen molar-refractivity contribution >= 4 is 18.5 Å². The maximum Gasteiger partial charge on any atom is 0.276 e. The van der Waals surface area contributed by atoms with E-state index in [9.17, 15) is 14.7 Å². The Labute approximate surface area is 181 Å². The van der Waals surface area contributed by atoms with Gasteiger partial charge in [0.15, 0.2) is 11.4 Å². The number of thiol groups is 1. The van der Waals surface area contributed by atoms with Crippen molar-refractivity contribution in [3.8, 4) is 5.75 Å². The van der Waals surface area contributed by atoms with E-state index in [0.717, 1.165) is 17.3 Å². The molecule has 30 heavy (non-hydrogen) atoms. The molecule has 156 valence electrons. The molecule has 2 N–H and O–H groups in total. The minimum absolute atomic E-state index is 0.0497. The number of aromatic amines is 1. The van der Waals surface area contributed by atoms with Gasteiger partial charge >= 0.3 is 0 Å². The zero-order valence-electron chi connectivity index (χ0n) is 16.9. The van der Waals surface area contributed by atoms with Crippen LogP contribution in [0, 0.1) is 0 Å². The Morgan fingerprint density at radius 3 is 2.10 bits per heavy atom. The molecule has 0 spiro atoms. The van der Waals surface area contributed by atoms with E-state index in [1.54, 1.807) is 4.90 Å². The van der Waals surface area contributed by atoms with Gasteiger partial charge in [-0.25, -0.2) is 0 Å². The van der Waals surface area contributed by atoms with Crippen LogP contribution in [-0.4, -0.2) is 43.9 Å². The standard InChI is InChI=1S/C23H25N3O3S/c1-15(2)26(23(29)21-22(28)18(27)13-24-25-21)14-19(30)20(16-9-5-3-6-10-16)17-11-7-4-8-12-17/h3-13,15,19-20,30H,14H2,1-2H3,(H,24,28)(H,25,27)/t19-/m0/s1. The second-order valence-corrected chi connectivity index (χ2v) is 8.04. The van der Waals surface area contributed by atoms with Crippen molar-refractivity contribution in [3.05, 3.63) is 93.9 Å². The summed E-state index contributed by atoms with van der Waals surface area (Å²) in [7, 11) is 0. The number of hydrogen-bond acceptors (Lipinski definition) is 5. The number of rotatable bonds is 7. The summed E-state index contributed by atoms with van der Waals surface area (Å²) in [5, 5.41) is 15.9. The van der Waals surface area contributed by atoms with Crippen molar-refractivity contribution < 1.29 is 9.90 Å². The number of benzene rings is 2. The molecule has 1 atom stereocenters. The van der Waals surface area contributed by atoms with Gasteiger partial charge in [-0.05, 0) is 25.0 Å². The van der Waals surface area contributed by atoms with Crippen molar-refractivity contribution in [1.82, 2.24) is 15.1 Å². The Hall–Kier alpha value is -3.06. The third kappa shape index (κ3) is 4.74. The summed E-state index contributed by atoms with van der Waals surface area (Å²) < 4.78 is 0. The highest BCUT2D eigenvalue weighted by molar-refractivity contribution is 7.81. The molecule has 0 saturated heterocycles. The molecule has 0 unspecified atom stereocenters. The highest BCUT2D eigenvalue weighted by Gasteiger charge is 2.29. The van der Waals surface area contributed by atoms with E-state index >= 15 is 0 Å². The molecule has 0 aliphatic heterocycles. The lowest BCUT2D eigenvalue weighted by molar-refractivity contribution is 0.0693. The number of H-pyrrole nitrogens is 1. The first kappa shape index (κ1) is 21.6. The molecule has 7 heteroatoms. The molecule has 1 aromatic heterocycles. The van der Waals surface area contributed by atoms with Gasteiger partial charge in [0.2, 0.25) is 5.43 Å². The van der Waals surface area contributed by atoms with E-state index in [0.29, 0.717) is 6.54 Å². The maximum atomic E-state index is 13.1. The first-order chi connectivity index (χ1) is 14.4. The molecular weight excluding hydrogens is 398 g/mol. The van der Waals surface area contributed by atoms with Crippen molar-refractivity contribution in [2.24, 2.45) is 0 Å². The van der Waals surface area contributed by atoms with Crippen LogP contribution in [0.2, 0.25) is 0 Å². The molecule has 3 aromatic rings. The molecule has 1 heterocycles. The van der Waals surface area contributed by atoms with Crippen LogP contribution in [-0.2, 0) is 0 Å².